The molecule has 1 aliphatic carbocycles. The second-order valence-corrected chi connectivity index (χ2v) is 10.8. The highest BCUT2D eigenvalue weighted by Gasteiger charge is 2.26. The molecule has 6 heteroatoms. The number of carbonyl (C=O) groups is 1. The van der Waals surface area contributed by atoms with Gasteiger partial charge in [-0.05, 0) is 61.1 Å². The summed E-state index contributed by atoms with van der Waals surface area (Å²) in [7, 11) is 1.67. The zero-order valence-corrected chi connectivity index (χ0v) is 21.2. The molecule has 2 aromatic rings. The Labute approximate surface area is 197 Å². The number of amides is 1. The summed E-state index contributed by atoms with van der Waals surface area (Å²) < 4.78 is 7.51. The molecule has 0 radical (unpaired) electrons. The molecule has 1 aliphatic rings. The predicted molar refractivity (Wildman–Crippen MR) is 132 cm³/mol. The summed E-state index contributed by atoms with van der Waals surface area (Å²) in [5.41, 5.74) is 3.25. The molecular weight excluding hydrogens is 422 g/mol. The summed E-state index contributed by atoms with van der Waals surface area (Å²) in [6.45, 7) is 12.2. The number of aromatic nitrogens is 2. The first-order chi connectivity index (χ1) is 15.1. The summed E-state index contributed by atoms with van der Waals surface area (Å²) in [6, 6.07) is 6.20. The van der Waals surface area contributed by atoms with Crippen molar-refractivity contribution in [2.24, 2.45) is 17.3 Å². The van der Waals surface area contributed by atoms with Crippen molar-refractivity contribution in [3.8, 4) is 17.0 Å². The number of hydrogen-bond acceptors (Lipinski definition) is 3. The molecule has 1 amide bonds. The molecular formula is C26H38ClN3O2. The van der Waals surface area contributed by atoms with Gasteiger partial charge in [-0.3, -0.25) is 9.48 Å². The van der Waals surface area contributed by atoms with E-state index in [1.165, 1.54) is 31.2 Å². The maximum atomic E-state index is 12.9. The van der Waals surface area contributed by atoms with E-state index in [-0.39, 0.29) is 17.0 Å². The van der Waals surface area contributed by atoms with E-state index in [0.29, 0.717) is 24.0 Å². The number of ether oxygens (including phenoxy) is 1. The Kier molecular flexibility index (Phi) is 7.92. The van der Waals surface area contributed by atoms with Gasteiger partial charge in [-0.15, -0.1) is 0 Å². The quantitative estimate of drug-likeness (QED) is 0.522. The summed E-state index contributed by atoms with van der Waals surface area (Å²) in [5.74, 6) is 1.87. The number of rotatable bonds is 7. The molecule has 0 spiro atoms. The molecule has 1 aromatic carbocycles. The number of nitrogens with one attached hydrogen (secondary N) is 1. The Morgan fingerprint density at radius 3 is 2.53 bits per heavy atom. The van der Waals surface area contributed by atoms with Crippen molar-refractivity contribution in [1.29, 1.82) is 0 Å². The average molecular weight is 460 g/mol. The maximum Gasteiger partial charge on any atom is 0.273 e. The molecule has 5 nitrogen and oxygen atoms in total. The summed E-state index contributed by atoms with van der Waals surface area (Å²) in [4.78, 5) is 12.9. The van der Waals surface area contributed by atoms with Crippen LogP contribution < -0.4 is 10.1 Å². The van der Waals surface area contributed by atoms with E-state index in [4.69, 9.17) is 16.3 Å². The first kappa shape index (κ1) is 24.6. The van der Waals surface area contributed by atoms with Gasteiger partial charge in [-0.1, -0.05) is 58.2 Å². The maximum absolute atomic E-state index is 12.9. The van der Waals surface area contributed by atoms with Crippen LogP contribution in [0, 0.1) is 17.3 Å². The number of nitrogens with zero attached hydrogens (tertiary/aromatic N) is 2. The third-order valence-electron chi connectivity index (χ3n) is 6.35. The Bertz CT molecular complexity index is 937. The van der Waals surface area contributed by atoms with E-state index >= 15 is 0 Å². The Morgan fingerprint density at radius 1 is 1.25 bits per heavy atom. The summed E-state index contributed by atoms with van der Waals surface area (Å²) >= 11 is 6.75. The van der Waals surface area contributed by atoms with Gasteiger partial charge in [0.15, 0.2) is 5.69 Å². The van der Waals surface area contributed by atoms with Crippen molar-refractivity contribution < 1.29 is 9.53 Å². The van der Waals surface area contributed by atoms with Gasteiger partial charge in [0.25, 0.3) is 5.91 Å². The highest BCUT2D eigenvalue weighted by Crippen LogP contribution is 2.38. The van der Waals surface area contributed by atoms with Gasteiger partial charge in [-0.25, -0.2) is 0 Å². The third kappa shape index (κ3) is 5.86. The Balaban J connectivity index is 1.84. The summed E-state index contributed by atoms with van der Waals surface area (Å²) in [5, 5.41) is 8.01. The first-order valence-corrected chi connectivity index (χ1v) is 12.2. The molecule has 0 saturated heterocycles. The molecule has 0 aliphatic heterocycles. The fraction of sp³-hybridized carbons (Fsp3) is 0.615. The van der Waals surface area contributed by atoms with Crippen molar-refractivity contribution in [1.82, 2.24) is 15.1 Å². The smallest absolute Gasteiger partial charge is 0.273 e. The molecule has 0 bridgehead atoms. The zero-order valence-electron chi connectivity index (χ0n) is 20.4. The SMILES string of the molecule is CCn1nc(C(=O)NCC2CCC(C)CC2)c(Cl)c1-c1ccc(CC(C)(C)C)cc1OC. The number of carbonyl (C=O) groups excluding carboxylic acids is 1. The van der Waals surface area contributed by atoms with Crippen LogP contribution in [0.5, 0.6) is 5.75 Å². The fourth-order valence-corrected chi connectivity index (χ4v) is 4.90. The van der Waals surface area contributed by atoms with Crippen LogP contribution in [0.3, 0.4) is 0 Å². The van der Waals surface area contributed by atoms with E-state index < -0.39 is 0 Å². The van der Waals surface area contributed by atoms with Gasteiger partial charge < -0.3 is 10.1 Å². The number of methoxy groups -OCH3 is 1. The van der Waals surface area contributed by atoms with Crippen molar-refractivity contribution >= 4 is 17.5 Å². The average Bonchev–Trinajstić information content (AvgIpc) is 3.08. The molecule has 1 fully saturated rings. The fourth-order valence-electron chi connectivity index (χ4n) is 4.58. The Hall–Kier alpha value is -2.01. The van der Waals surface area contributed by atoms with Crippen LogP contribution in [0.4, 0.5) is 0 Å². The van der Waals surface area contributed by atoms with Gasteiger partial charge in [0.1, 0.15) is 5.75 Å². The van der Waals surface area contributed by atoms with Crippen LogP contribution in [0.25, 0.3) is 11.3 Å². The van der Waals surface area contributed by atoms with Crippen LogP contribution in [0.15, 0.2) is 18.2 Å². The molecule has 1 heterocycles. The van der Waals surface area contributed by atoms with Gasteiger partial charge in [0, 0.05) is 18.7 Å². The van der Waals surface area contributed by atoms with Crippen molar-refractivity contribution in [3.05, 3.63) is 34.5 Å². The lowest BCUT2D eigenvalue weighted by Crippen LogP contribution is -2.31. The largest absolute Gasteiger partial charge is 0.496 e. The van der Waals surface area contributed by atoms with Crippen LogP contribution in [0.2, 0.25) is 5.02 Å². The number of aryl methyl sites for hydroxylation is 1. The number of halogens is 1. The van der Waals surface area contributed by atoms with Gasteiger partial charge in [-0.2, -0.15) is 5.10 Å². The van der Waals surface area contributed by atoms with Crippen LogP contribution in [-0.4, -0.2) is 29.3 Å². The lowest BCUT2D eigenvalue weighted by Gasteiger charge is -2.26. The minimum atomic E-state index is -0.203. The van der Waals surface area contributed by atoms with Gasteiger partial charge in [0.2, 0.25) is 0 Å². The standard InChI is InChI=1S/C26H38ClN3O2/c1-7-30-24(20-13-12-19(14-21(20)32-6)15-26(3,4)5)22(27)23(29-30)25(31)28-16-18-10-8-17(2)9-11-18/h12-14,17-18H,7-11,15-16H2,1-6H3,(H,28,31). The zero-order chi connectivity index (χ0) is 23.5. The van der Waals surface area contributed by atoms with Crippen LogP contribution in [-0.2, 0) is 13.0 Å². The molecule has 32 heavy (non-hydrogen) atoms. The van der Waals surface area contributed by atoms with E-state index in [2.05, 4.69) is 50.2 Å². The van der Waals surface area contributed by atoms with Gasteiger partial charge in [0.05, 0.1) is 17.8 Å². The van der Waals surface area contributed by atoms with Gasteiger partial charge >= 0.3 is 0 Å². The molecule has 1 saturated carbocycles. The van der Waals surface area contributed by atoms with Crippen molar-refractivity contribution in [2.45, 2.75) is 73.3 Å². The predicted octanol–water partition coefficient (Wildman–Crippen LogP) is 6.38. The second-order valence-electron chi connectivity index (χ2n) is 10.4. The third-order valence-corrected chi connectivity index (χ3v) is 6.71. The number of hydrogen-bond donors (Lipinski definition) is 1. The first-order valence-electron chi connectivity index (χ1n) is 11.8. The molecule has 0 unspecified atom stereocenters. The van der Waals surface area contributed by atoms with Crippen molar-refractivity contribution in [2.75, 3.05) is 13.7 Å². The van der Waals surface area contributed by atoms with E-state index in [9.17, 15) is 4.79 Å². The number of benzene rings is 1. The lowest BCUT2D eigenvalue weighted by molar-refractivity contribution is 0.0936. The minimum absolute atomic E-state index is 0.178. The van der Waals surface area contributed by atoms with Crippen LogP contribution in [0.1, 0.15) is 76.4 Å². The topological polar surface area (TPSA) is 56.2 Å². The monoisotopic (exact) mass is 459 g/mol. The molecule has 3 rings (SSSR count). The van der Waals surface area contributed by atoms with E-state index in [0.717, 1.165) is 29.3 Å². The Morgan fingerprint density at radius 2 is 1.94 bits per heavy atom. The lowest BCUT2D eigenvalue weighted by atomic mass is 9.83. The van der Waals surface area contributed by atoms with Crippen LogP contribution >= 0.6 is 11.6 Å². The van der Waals surface area contributed by atoms with Crippen molar-refractivity contribution in [3.63, 3.8) is 0 Å². The molecule has 0 atom stereocenters. The van der Waals surface area contributed by atoms with E-state index in [1.807, 2.05) is 13.0 Å². The molecule has 176 valence electrons. The van der Waals surface area contributed by atoms with E-state index in [1.54, 1.807) is 11.8 Å². The molecule has 1 N–H and O–H groups in total. The summed E-state index contributed by atoms with van der Waals surface area (Å²) in [6.07, 6.45) is 5.75. The minimum Gasteiger partial charge on any atom is -0.496 e. The highest BCUT2D eigenvalue weighted by molar-refractivity contribution is 6.36. The molecule has 1 aromatic heterocycles. The normalized spacial score (nSPS) is 19.1. The highest BCUT2D eigenvalue weighted by atomic mass is 35.5. The second kappa shape index (κ2) is 10.3.